The number of rotatable bonds is 6. The Morgan fingerprint density at radius 1 is 1.33 bits per heavy atom. The second-order valence-corrected chi connectivity index (χ2v) is 8.59. The number of nitrogens with zero attached hydrogens (tertiary/aromatic N) is 4. The molecule has 1 saturated carbocycles. The van der Waals surface area contributed by atoms with Crippen LogP contribution in [0.25, 0.3) is 0 Å². The average Bonchev–Trinajstić information content (AvgIpc) is 3.24. The van der Waals surface area contributed by atoms with Crippen molar-refractivity contribution in [1.29, 1.82) is 0 Å². The molecule has 1 aliphatic heterocycles. The van der Waals surface area contributed by atoms with Crippen LogP contribution in [0, 0.1) is 12.8 Å². The summed E-state index contributed by atoms with van der Waals surface area (Å²) < 4.78 is 39.9. The standard InChI is InChI=1S/C17H24N4OS.C2HF3O2/c1-12-17-18-7-16(10-22-9-15-11-23-13(2)19-15)21(17)6-5-20(12)8-14-3-4-14;3-2(4,5)1(6)7/h7,11-12,14H,3-6,8-10H2,1-2H3;(H,6,7). The molecule has 166 valence electrons. The third kappa shape index (κ3) is 6.02. The fourth-order valence-electron chi connectivity index (χ4n) is 3.34. The number of carboxylic acids is 1. The first-order chi connectivity index (χ1) is 14.1. The van der Waals surface area contributed by atoms with Gasteiger partial charge >= 0.3 is 12.1 Å². The SMILES string of the molecule is Cc1nc(COCc2cnc3n2CCN(CC2CC2)C3C)cs1.O=C(O)C(F)(F)F. The lowest BCUT2D eigenvalue weighted by Crippen LogP contribution is -2.38. The van der Waals surface area contributed by atoms with Crippen LogP contribution in [0.1, 0.15) is 48.0 Å². The number of carbonyl (C=O) groups is 1. The minimum Gasteiger partial charge on any atom is -0.475 e. The van der Waals surface area contributed by atoms with Crippen molar-refractivity contribution >= 4 is 17.3 Å². The van der Waals surface area contributed by atoms with E-state index in [4.69, 9.17) is 14.6 Å². The van der Waals surface area contributed by atoms with E-state index in [1.54, 1.807) is 11.3 Å². The molecule has 0 aromatic carbocycles. The van der Waals surface area contributed by atoms with Crippen molar-refractivity contribution in [2.75, 3.05) is 13.1 Å². The predicted octanol–water partition coefficient (Wildman–Crippen LogP) is 3.78. The predicted molar refractivity (Wildman–Crippen MR) is 104 cm³/mol. The van der Waals surface area contributed by atoms with Crippen LogP contribution in [-0.4, -0.2) is 49.8 Å². The molecule has 2 aromatic rings. The summed E-state index contributed by atoms with van der Waals surface area (Å²) in [6.07, 6.45) is -0.279. The fraction of sp³-hybridized carbons (Fsp3) is 0.632. The minimum atomic E-state index is -5.08. The molecule has 3 heterocycles. The highest BCUT2D eigenvalue weighted by molar-refractivity contribution is 7.09. The van der Waals surface area contributed by atoms with Crippen LogP contribution in [0.4, 0.5) is 13.2 Å². The smallest absolute Gasteiger partial charge is 0.475 e. The largest absolute Gasteiger partial charge is 0.490 e. The molecule has 7 nitrogen and oxygen atoms in total. The van der Waals surface area contributed by atoms with Crippen LogP contribution in [0.5, 0.6) is 0 Å². The summed E-state index contributed by atoms with van der Waals surface area (Å²) in [5.74, 6) is -0.629. The number of ether oxygens (including phenoxy) is 1. The molecule has 0 bridgehead atoms. The van der Waals surface area contributed by atoms with Gasteiger partial charge in [0.15, 0.2) is 0 Å². The van der Waals surface area contributed by atoms with Crippen molar-refractivity contribution in [3.8, 4) is 0 Å². The Kier molecular flexibility index (Phi) is 7.14. The van der Waals surface area contributed by atoms with E-state index in [1.807, 2.05) is 13.1 Å². The lowest BCUT2D eigenvalue weighted by atomic mass is 10.2. The number of aryl methyl sites for hydroxylation is 1. The van der Waals surface area contributed by atoms with Crippen molar-refractivity contribution < 1.29 is 27.8 Å². The molecule has 1 fully saturated rings. The van der Waals surface area contributed by atoms with Crippen LogP contribution < -0.4 is 0 Å². The lowest BCUT2D eigenvalue weighted by molar-refractivity contribution is -0.192. The second kappa shape index (κ2) is 9.44. The summed E-state index contributed by atoms with van der Waals surface area (Å²) >= 11 is 1.67. The van der Waals surface area contributed by atoms with Crippen molar-refractivity contribution in [2.24, 2.45) is 5.92 Å². The third-order valence-corrected chi connectivity index (χ3v) is 5.92. The topological polar surface area (TPSA) is 80.5 Å². The van der Waals surface area contributed by atoms with Gasteiger partial charge in [0.05, 0.1) is 41.8 Å². The number of alkyl halides is 3. The van der Waals surface area contributed by atoms with E-state index in [1.165, 1.54) is 30.9 Å². The lowest BCUT2D eigenvalue weighted by Gasteiger charge is -2.34. The number of hydrogen-bond donors (Lipinski definition) is 1. The van der Waals surface area contributed by atoms with E-state index in [-0.39, 0.29) is 0 Å². The Hall–Kier alpha value is -1.98. The van der Waals surface area contributed by atoms with Gasteiger partial charge in [-0.25, -0.2) is 14.8 Å². The van der Waals surface area contributed by atoms with Crippen molar-refractivity contribution in [1.82, 2.24) is 19.4 Å². The molecule has 0 radical (unpaired) electrons. The number of aliphatic carboxylic acids is 1. The summed E-state index contributed by atoms with van der Waals surface area (Å²) in [7, 11) is 0. The summed E-state index contributed by atoms with van der Waals surface area (Å²) in [6.45, 7) is 8.88. The summed E-state index contributed by atoms with van der Waals surface area (Å²) in [6, 6.07) is 0.416. The number of thiazole rings is 1. The first-order valence-corrected chi connectivity index (χ1v) is 10.6. The van der Waals surface area contributed by atoms with E-state index in [0.29, 0.717) is 19.3 Å². The van der Waals surface area contributed by atoms with E-state index in [2.05, 4.69) is 31.7 Å². The van der Waals surface area contributed by atoms with E-state index in [9.17, 15) is 13.2 Å². The molecule has 0 saturated heterocycles. The molecular weight excluding hydrogens is 421 g/mol. The third-order valence-electron chi connectivity index (χ3n) is 5.10. The number of carboxylic acid groups (broad SMARTS) is 1. The maximum atomic E-state index is 10.6. The van der Waals surface area contributed by atoms with E-state index < -0.39 is 12.1 Å². The van der Waals surface area contributed by atoms with Crippen molar-refractivity contribution in [2.45, 2.75) is 58.7 Å². The Morgan fingerprint density at radius 3 is 2.60 bits per heavy atom. The molecular formula is C19H25F3N4O3S. The van der Waals surface area contributed by atoms with Gasteiger partial charge < -0.3 is 14.4 Å². The highest BCUT2D eigenvalue weighted by Crippen LogP contribution is 2.34. The van der Waals surface area contributed by atoms with Crippen LogP contribution in [0.2, 0.25) is 0 Å². The Morgan fingerprint density at radius 2 is 2.03 bits per heavy atom. The molecule has 30 heavy (non-hydrogen) atoms. The van der Waals surface area contributed by atoms with E-state index >= 15 is 0 Å². The van der Waals surface area contributed by atoms with Gasteiger partial charge in [-0.2, -0.15) is 13.2 Å². The fourth-order valence-corrected chi connectivity index (χ4v) is 3.93. The zero-order chi connectivity index (χ0) is 21.9. The quantitative estimate of drug-likeness (QED) is 0.727. The molecule has 1 unspecified atom stereocenters. The zero-order valence-electron chi connectivity index (χ0n) is 16.9. The molecule has 1 atom stereocenters. The highest BCUT2D eigenvalue weighted by atomic mass is 32.1. The van der Waals surface area contributed by atoms with E-state index in [0.717, 1.165) is 29.7 Å². The molecule has 4 rings (SSSR count). The highest BCUT2D eigenvalue weighted by Gasteiger charge is 2.38. The van der Waals surface area contributed by atoms with Crippen molar-refractivity contribution in [3.05, 3.63) is 33.8 Å². The first kappa shape index (κ1) is 22.7. The number of hydrogen-bond acceptors (Lipinski definition) is 6. The molecule has 2 aliphatic rings. The van der Waals surface area contributed by atoms with Gasteiger partial charge in [-0.3, -0.25) is 4.90 Å². The van der Waals surface area contributed by atoms with Gasteiger partial charge in [0.25, 0.3) is 0 Å². The number of fused-ring (bicyclic) bond motifs is 1. The van der Waals surface area contributed by atoms with Crippen LogP contribution in [-0.2, 0) is 29.3 Å². The minimum absolute atomic E-state index is 0.416. The number of halogens is 3. The monoisotopic (exact) mass is 446 g/mol. The van der Waals surface area contributed by atoms with Crippen LogP contribution in [0.3, 0.4) is 0 Å². The van der Waals surface area contributed by atoms with Gasteiger partial charge in [0.2, 0.25) is 0 Å². The van der Waals surface area contributed by atoms with Crippen LogP contribution in [0.15, 0.2) is 11.6 Å². The molecule has 0 amide bonds. The van der Waals surface area contributed by atoms with Gasteiger partial charge in [0, 0.05) is 25.0 Å². The van der Waals surface area contributed by atoms with Crippen molar-refractivity contribution in [3.63, 3.8) is 0 Å². The Bertz CT molecular complexity index is 864. The van der Waals surface area contributed by atoms with Gasteiger partial charge in [0.1, 0.15) is 5.82 Å². The molecule has 1 N–H and O–H groups in total. The zero-order valence-corrected chi connectivity index (χ0v) is 17.7. The Balaban J connectivity index is 0.000000318. The van der Waals surface area contributed by atoms with Gasteiger partial charge in [-0.05, 0) is 32.6 Å². The molecule has 2 aromatic heterocycles. The maximum absolute atomic E-state index is 10.6. The molecule has 11 heteroatoms. The second-order valence-electron chi connectivity index (χ2n) is 7.53. The summed E-state index contributed by atoms with van der Waals surface area (Å²) in [5, 5.41) is 10.3. The Labute approximate surface area is 176 Å². The van der Waals surface area contributed by atoms with Gasteiger partial charge in [-0.1, -0.05) is 0 Å². The normalized spacial score (nSPS) is 19.2. The number of aromatic nitrogens is 3. The molecule has 0 spiro atoms. The maximum Gasteiger partial charge on any atom is 0.490 e. The summed E-state index contributed by atoms with van der Waals surface area (Å²) in [4.78, 5) is 20.6. The average molecular weight is 446 g/mol. The van der Waals surface area contributed by atoms with Crippen LogP contribution >= 0.6 is 11.3 Å². The molecule has 1 aliphatic carbocycles. The number of imidazole rings is 1. The van der Waals surface area contributed by atoms with Gasteiger partial charge in [-0.15, -0.1) is 11.3 Å². The first-order valence-electron chi connectivity index (χ1n) is 9.72. The summed E-state index contributed by atoms with van der Waals surface area (Å²) in [5.41, 5.74) is 2.21.